The molecule has 0 atom stereocenters. The van der Waals surface area contributed by atoms with Gasteiger partial charge < -0.3 is 4.74 Å². The second-order valence-electron chi connectivity index (χ2n) is 8.31. The number of hydrogen-bond donors (Lipinski definition) is 0. The maximum atomic E-state index is 6.03. The first-order valence-corrected chi connectivity index (χ1v) is 10.7. The number of hydrogen-bond acceptors (Lipinski definition) is 2. The molecule has 0 N–H and O–H groups in total. The van der Waals surface area contributed by atoms with Crippen molar-refractivity contribution in [1.82, 2.24) is 0 Å². The first-order chi connectivity index (χ1) is 13.6. The van der Waals surface area contributed by atoms with Crippen LogP contribution in [-0.2, 0) is 6.42 Å². The monoisotopic (exact) mass is 375 g/mol. The van der Waals surface area contributed by atoms with Gasteiger partial charge in [-0.3, -0.25) is 4.99 Å². The van der Waals surface area contributed by atoms with Gasteiger partial charge in [0.1, 0.15) is 5.75 Å². The number of fused-ring (bicyclic) bond motifs is 1. The van der Waals surface area contributed by atoms with Gasteiger partial charge in [-0.2, -0.15) is 0 Å². The Morgan fingerprint density at radius 2 is 1.75 bits per heavy atom. The Balaban J connectivity index is 1.70. The fourth-order valence-corrected chi connectivity index (χ4v) is 3.71. The van der Waals surface area contributed by atoms with E-state index >= 15 is 0 Å². The summed E-state index contributed by atoms with van der Waals surface area (Å²) < 4.78 is 6.03. The fraction of sp³-hybridized carbons (Fsp3) is 0.423. The van der Waals surface area contributed by atoms with E-state index in [1.807, 2.05) is 6.07 Å². The molecule has 0 aliphatic carbocycles. The number of allylic oxidation sites excluding steroid dienone is 1. The number of rotatable bonds is 9. The maximum absolute atomic E-state index is 6.03. The van der Waals surface area contributed by atoms with Crippen molar-refractivity contribution in [2.45, 2.75) is 64.8 Å². The molecule has 0 fully saturated rings. The van der Waals surface area contributed by atoms with Crippen LogP contribution in [0.2, 0.25) is 0 Å². The van der Waals surface area contributed by atoms with E-state index in [0.29, 0.717) is 0 Å². The molecule has 148 valence electrons. The number of unbranched alkanes of at least 4 members (excludes halogenated alkanes) is 4. The van der Waals surface area contributed by atoms with E-state index in [4.69, 9.17) is 9.73 Å². The molecule has 2 aromatic rings. The summed E-state index contributed by atoms with van der Waals surface area (Å²) in [4.78, 5) is 4.99. The van der Waals surface area contributed by atoms with Gasteiger partial charge in [-0.25, -0.2) is 0 Å². The van der Waals surface area contributed by atoms with Crippen LogP contribution >= 0.6 is 0 Å². The molecule has 3 rings (SSSR count). The average molecular weight is 376 g/mol. The molecule has 0 spiro atoms. The van der Waals surface area contributed by atoms with Crippen molar-refractivity contribution in [3.8, 4) is 5.75 Å². The molecule has 0 saturated heterocycles. The van der Waals surface area contributed by atoms with E-state index in [-0.39, 0.29) is 5.54 Å². The van der Waals surface area contributed by atoms with Crippen LogP contribution in [0.25, 0.3) is 6.08 Å². The first-order valence-electron chi connectivity index (χ1n) is 10.7. The van der Waals surface area contributed by atoms with Gasteiger partial charge in [0.25, 0.3) is 0 Å². The molecule has 0 radical (unpaired) electrons. The lowest BCUT2D eigenvalue weighted by atomic mass is 9.86. The van der Waals surface area contributed by atoms with Crippen LogP contribution in [0.4, 0.5) is 0 Å². The summed E-state index contributed by atoms with van der Waals surface area (Å²) in [6, 6.07) is 16.9. The van der Waals surface area contributed by atoms with Crippen molar-refractivity contribution in [3.63, 3.8) is 0 Å². The third-order valence-electron chi connectivity index (χ3n) is 5.15. The first kappa shape index (κ1) is 20.4. The van der Waals surface area contributed by atoms with Gasteiger partial charge in [-0.1, -0.05) is 69.0 Å². The minimum atomic E-state index is -0.0951. The normalized spacial score (nSPS) is 15.3. The molecule has 1 aliphatic heterocycles. The number of aliphatic imine (C=N–C) groups is 1. The Morgan fingerprint density at radius 1 is 0.964 bits per heavy atom. The molecular weight excluding hydrogens is 342 g/mol. The summed E-state index contributed by atoms with van der Waals surface area (Å²) in [6.45, 7) is 7.46. The molecule has 0 unspecified atom stereocenters. The Morgan fingerprint density at radius 3 is 2.54 bits per heavy atom. The molecular formula is C26H33NO. The van der Waals surface area contributed by atoms with Crippen molar-refractivity contribution in [2.75, 3.05) is 6.61 Å². The Kier molecular flexibility index (Phi) is 7.08. The smallest absolute Gasteiger partial charge is 0.119 e. The Labute approximate surface area is 170 Å². The van der Waals surface area contributed by atoms with Gasteiger partial charge in [-0.05, 0) is 62.1 Å². The second kappa shape index (κ2) is 9.73. The molecule has 2 aromatic carbocycles. The third kappa shape index (κ3) is 5.82. The van der Waals surface area contributed by atoms with Crippen LogP contribution in [0.3, 0.4) is 0 Å². The Bertz CT molecular complexity index is 818. The fourth-order valence-electron chi connectivity index (χ4n) is 3.71. The largest absolute Gasteiger partial charge is 0.494 e. The number of nitrogens with zero attached hydrogens (tertiary/aromatic N) is 1. The lowest BCUT2D eigenvalue weighted by molar-refractivity contribution is 0.304. The van der Waals surface area contributed by atoms with Crippen molar-refractivity contribution >= 4 is 11.8 Å². The second-order valence-corrected chi connectivity index (χ2v) is 8.31. The van der Waals surface area contributed by atoms with Crippen molar-refractivity contribution in [2.24, 2.45) is 4.99 Å². The maximum Gasteiger partial charge on any atom is 0.119 e. The van der Waals surface area contributed by atoms with E-state index in [9.17, 15) is 0 Å². The number of ether oxygens (including phenoxy) is 1. The van der Waals surface area contributed by atoms with Gasteiger partial charge in [-0.15, -0.1) is 0 Å². The van der Waals surface area contributed by atoms with Crippen LogP contribution < -0.4 is 4.74 Å². The van der Waals surface area contributed by atoms with Crippen molar-refractivity contribution < 1.29 is 4.74 Å². The molecule has 1 heterocycles. The SMILES string of the molecule is CCCCCCCOc1ccc2c(c1)CC(C)(C)N=C2/C=C/c1ccccc1. The minimum absolute atomic E-state index is 0.0951. The molecule has 2 nitrogen and oxygen atoms in total. The molecule has 2 heteroatoms. The average Bonchev–Trinajstić information content (AvgIpc) is 2.68. The van der Waals surface area contributed by atoms with Crippen molar-refractivity contribution in [1.29, 1.82) is 0 Å². The summed E-state index contributed by atoms with van der Waals surface area (Å²) in [5.41, 5.74) is 4.71. The molecule has 1 aliphatic rings. The van der Waals surface area contributed by atoms with Gasteiger partial charge in [0.2, 0.25) is 0 Å². The zero-order valence-corrected chi connectivity index (χ0v) is 17.6. The lowest BCUT2D eigenvalue weighted by Gasteiger charge is -2.28. The summed E-state index contributed by atoms with van der Waals surface area (Å²) in [6.07, 6.45) is 11.5. The standard InChI is InChI=1S/C26H33NO/c1-4-5-6-7-11-18-28-23-15-16-24-22(19-23)20-26(2,3)27-25(24)17-14-21-12-9-8-10-13-21/h8-10,12-17,19H,4-7,11,18,20H2,1-3H3/b17-14+. The molecule has 0 aromatic heterocycles. The highest BCUT2D eigenvalue weighted by atomic mass is 16.5. The van der Waals surface area contributed by atoms with E-state index < -0.39 is 0 Å². The molecule has 0 amide bonds. The van der Waals surface area contributed by atoms with E-state index in [0.717, 1.165) is 30.9 Å². The highest BCUT2D eigenvalue weighted by molar-refractivity contribution is 6.12. The van der Waals surface area contributed by atoms with Crippen LogP contribution in [-0.4, -0.2) is 17.9 Å². The van der Waals surface area contributed by atoms with Crippen molar-refractivity contribution in [3.05, 3.63) is 71.3 Å². The summed E-state index contributed by atoms with van der Waals surface area (Å²) >= 11 is 0. The summed E-state index contributed by atoms with van der Waals surface area (Å²) in [5, 5.41) is 0. The third-order valence-corrected chi connectivity index (χ3v) is 5.15. The van der Waals surface area contributed by atoms with E-state index in [2.05, 4.69) is 75.4 Å². The van der Waals surface area contributed by atoms with Crippen LogP contribution in [0, 0.1) is 0 Å². The lowest BCUT2D eigenvalue weighted by Crippen LogP contribution is -2.28. The van der Waals surface area contributed by atoms with E-state index in [1.54, 1.807) is 0 Å². The van der Waals surface area contributed by atoms with Crippen LogP contribution in [0.1, 0.15) is 69.6 Å². The minimum Gasteiger partial charge on any atom is -0.494 e. The zero-order chi connectivity index (χ0) is 19.8. The zero-order valence-electron chi connectivity index (χ0n) is 17.6. The van der Waals surface area contributed by atoms with Gasteiger partial charge in [0.05, 0.1) is 17.9 Å². The topological polar surface area (TPSA) is 21.6 Å². The van der Waals surface area contributed by atoms with Gasteiger partial charge in [0, 0.05) is 5.56 Å². The number of benzene rings is 2. The highest BCUT2D eigenvalue weighted by Crippen LogP contribution is 2.30. The van der Waals surface area contributed by atoms with Gasteiger partial charge >= 0.3 is 0 Å². The predicted octanol–water partition coefficient (Wildman–Crippen LogP) is 6.87. The Hall–Kier alpha value is -2.35. The highest BCUT2D eigenvalue weighted by Gasteiger charge is 2.26. The van der Waals surface area contributed by atoms with E-state index in [1.165, 1.54) is 42.4 Å². The quantitative estimate of drug-likeness (QED) is 0.438. The summed E-state index contributed by atoms with van der Waals surface area (Å²) in [7, 11) is 0. The molecule has 0 saturated carbocycles. The summed E-state index contributed by atoms with van der Waals surface area (Å²) in [5.74, 6) is 0.985. The van der Waals surface area contributed by atoms with Crippen LogP contribution in [0.15, 0.2) is 59.6 Å². The predicted molar refractivity (Wildman–Crippen MR) is 120 cm³/mol. The molecule has 0 bridgehead atoms. The van der Waals surface area contributed by atoms with Gasteiger partial charge in [0.15, 0.2) is 0 Å². The van der Waals surface area contributed by atoms with Crippen LogP contribution in [0.5, 0.6) is 5.75 Å². The molecule has 28 heavy (non-hydrogen) atoms.